The maximum atomic E-state index is 12.9. The van der Waals surface area contributed by atoms with E-state index in [0.717, 1.165) is 6.42 Å². The van der Waals surface area contributed by atoms with Gasteiger partial charge in [-0.05, 0) is 29.7 Å². The molecule has 0 aromatic heterocycles. The molecule has 0 radical (unpaired) electrons. The zero-order chi connectivity index (χ0) is 20.1. The van der Waals surface area contributed by atoms with Crippen molar-refractivity contribution in [3.05, 3.63) is 102 Å². The van der Waals surface area contributed by atoms with Gasteiger partial charge in [-0.2, -0.15) is 0 Å². The standard InChI is InChI=1S/C25H25NO3/c27-24-14-8-7-13-22(24)25(28)26-15-16-29-21(18-26)17-23(19-9-3-1-4-10-19)20-11-5-2-6-12-20/h1-14,21,23,27H,15-18H2/t21-/m0/s1. The smallest absolute Gasteiger partial charge is 0.257 e. The van der Waals surface area contributed by atoms with Gasteiger partial charge in [0.15, 0.2) is 0 Å². The van der Waals surface area contributed by atoms with Gasteiger partial charge in [0.1, 0.15) is 5.75 Å². The summed E-state index contributed by atoms with van der Waals surface area (Å²) in [5.74, 6) is 0.0712. The van der Waals surface area contributed by atoms with Gasteiger partial charge in [-0.25, -0.2) is 0 Å². The van der Waals surface area contributed by atoms with Crippen molar-refractivity contribution in [2.24, 2.45) is 0 Å². The van der Waals surface area contributed by atoms with Gasteiger partial charge in [0.25, 0.3) is 5.91 Å². The Labute approximate surface area is 171 Å². The Kier molecular flexibility index (Phi) is 5.92. The predicted octanol–water partition coefficient (Wildman–Crippen LogP) is 4.46. The Morgan fingerprint density at radius 2 is 1.52 bits per heavy atom. The molecule has 4 nitrogen and oxygen atoms in total. The molecule has 1 atom stereocenters. The number of carbonyl (C=O) groups is 1. The van der Waals surface area contributed by atoms with E-state index in [1.165, 1.54) is 11.1 Å². The first-order chi connectivity index (χ1) is 14.2. The summed E-state index contributed by atoms with van der Waals surface area (Å²) < 4.78 is 6.04. The fourth-order valence-electron chi connectivity index (χ4n) is 3.97. The van der Waals surface area contributed by atoms with Crippen molar-refractivity contribution in [3.63, 3.8) is 0 Å². The molecule has 148 valence electrons. The summed E-state index contributed by atoms with van der Waals surface area (Å²) in [6.45, 7) is 1.55. The number of phenols is 1. The van der Waals surface area contributed by atoms with Crippen molar-refractivity contribution in [1.29, 1.82) is 0 Å². The van der Waals surface area contributed by atoms with Gasteiger partial charge in [0, 0.05) is 19.0 Å². The third kappa shape index (κ3) is 4.49. The van der Waals surface area contributed by atoms with Crippen LogP contribution < -0.4 is 0 Å². The number of amides is 1. The molecule has 1 heterocycles. The molecule has 1 fully saturated rings. The SMILES string of the molecule is O=C(c1ccccc1O)N1CCO[C@@H](CC(c2ccccc2)c2ccccc2)C1. The molecule has 1 amide bonds. The average molecular weight is 387 g/mol. The van der Waals surface area contributed by atoms with Crippen LogP contribution in [0, 0.1) is 0 Å². The third-order valence-corrected chi connectivity index (χ3v) is 5.46. The molecule has 0 unspecified atom stereocenters. The highest BCUT2D eigenvalue weighted by Crippen LogP contribution is 2.31. The number of morpholine rings is 1. The van der Waals surface area contributed by atoms with Crippen LogP contribution >= 0.6 is 0 Å². The lowest BCUT2D eigenvalue weighted by Gasteiger charge is -2.35. The molecule has 0 aliphatic carbocycles. The van der Waals surface area contributed by atoms with Crippen LogP contribution in [0.25, 0.3) is 0 Å². The number of hydrogen-bond donors (Lipinski definition) is 1. The fourth-order valence-corrected chi connectivity index (χ4v) is 3.97. The van der Waals surface area contributed by atoms with E-state index in [9.17, 15) is 9.90 Å². The molecule has 0 saturated carbocycles. The number of rotatable bonds is 5. The molecule has 1 N–H and O–H groups in total. The van der Waals surface area contributed by atoms with Crippen molar-refractivity contribution < 1.29 is 14.6 Å². The molecule has 3 aromatic carbocycles. The quantitative estimate of drug-likeness (QED) is 0.703. The summed E-state index contributed by atoms with van der Waals surface area (Å²) in [6.07, 6.45) is 0.724. The van der Waals surface area contributed by atoms with Gasteiger partial charge in [0.2, 0.25) is 0 Å². The van der Waals surface area contributed by atoms with Gasteiger partial charge in [-0.3, -0.25) is 4.79 Å². The molecule has 1 aliphatic rings. The minimum absolute atomic E-state index is 0.0204. The van der Waals surface area contributed by atoms with Gasteiger partial charge < -0.3 is 14.7 Å². The van der Waals surface area contributed by atoms with Crippen LogP contribution in [0.1, 0.15) is 33.8 Å². The van der Waals surface area contributed by atoms with Gasteiger partial charge in [-0.1, -0.05) is 72.8 Å². The van der Waals surface area contributed by atoms with E-state index in [-0.39, 0.29) is 23.7 Å². The van der Waals surface area contributed by atoms with E-state index in [2.05, 4.69) is 48.5 Å². The monoisotopic (exact) mass is 387 g/mol. The number of aromatic hydroxyl groups is 1. The molecule has 4 heteroatoms. The lowest BCUT2D eigenvalue weighted by Crippen LogP contribution is -2.46. The van der Waals surface area contributed by atoms with Crippen molar-refractivity contribution >= 4 is 5.91 Å². The lowest BCUT2D eigenvalue weighted by atomic mass is 9.86. The van der Waals surface area contributed by atoms with Crippen LogP contribution in [0.4, 0.5) is 0 Å². The minimum atomic E-state index is -0.146. The Bertz CT molecular complexity index is 903. The largest absolute Gasteiger partial charge is 0.507 e. The highest BCUT2D eigenvalue weighted by atomic mass is 16.5. The molecule has 0 bridgehead atoms. The van der Waals surface area contributed by atoms with Gasteiger partial charge in [0.05, 0.1) is 18.3 Å². The Morgan fingerprint density at radius 3 is 2.14 bits per heavy atom. The second-order valence-electron chi connectivity index (χ2n) is 7.37. The molecule has 3 aromatic rings. The third-order valence-electron chi connectivity index (χ3n) is 5.46. The predicted molar refractivity (Wildman–Crippen MR) is 113 cm³/mol. The first kappa shape index (κ1) is 19.2. The zero-order valence-corrected chi connectivity index (χ0v) is 16.3. The molecular formula is C25H25NO3. The summed E-state index contributed by atoms with van der Waals surface area (Å²) in [5, 5.41) is 10.0. The first-order valence-corrected chi connectivity index (χ1v) is 10.0. The number of ether oxygens (including phenoxy) is 1. The normalized spacial score (nSPS) is 16.7. The Balaban J connectivity index is 1.52. The fraction of sp³-hybridized carbons (Fsp3) is 0.240. The maximum absolute atomic E-state index is 12.9. The summed E-state index contributed by atoms with van der Waals surface area (Å²) in [5.41, 5.74) is 2.83. The van der Waals surface area contributed by atoms with E-state index in [0.29, 0.717) is 25.3 Å². The Morgan fingerprint density at radius 1 is 0.931 bits per heavy atom. The van der Waals surface area contributed by atoms with Crippen LogP contribution in [0.15, 0.2) is 84.9 Å². The van der Waals surface area contributed by atoms with Crippen LogP contribution in [0.2, 0.25) is 0 Å². The molecule has 1 saturated heterocycles. The topological polar surface area (TPSA) is 49.8 Å². The van der Waals surface area contributed by atoms with Crippen LogP contribution in [0.3, 0.4) is 0 Å². The van der Waals surface area contributed by atoms with Crippen molar-refractivity contribution in [2.45, 2.75) is 18.4 Å². The molecule has 29 heavy (non-hydrogen) atoms. The highest BCUT2D eigenvalue weighted by Gasteiger charge is 2.29. The maximum Gasteiger partial charge on any atom is 0.257 e. The number of hydrogen-bond acceptors (Lipinski definition) is 3. The van der Waals surface area contributed by atoms with Crippen LogP contribution in [-0.2, 0) is 4.74 Å². The summed E-state index contributed by atoms with van der Waals surface area (Å²) in [6, 6.07) is 27.6. The van der Waals surface area contributed by atoms with Crippen LogP contribution in [0.5, 0.6) is 5.75 Å². The molecule has 0 spiro atoms. The zero-order valence-electron chi connectivity index (χ0n) is 16.3. The highest BCUT2D eigenvalue weighted by molar-refractivity contribution is 5.96. The second-order valence-corrected chi connectivity index (χ2v) is 7.37. The summed E-state index contributed by atoms with van der Waals surface area (Å²) >= 11 is 0. The van der Waals surface area contributed by atoms with E-state index >= 15 is 0 Å². The van der Waals surface area contributed by atoms with E-state index in [4.69, 9.17) is 4.74 Å². The van der Waals surface area contributed by atoms with Crippen LogP contribution in [-0.4, -0.2) is 41.7 Å². The molecule has 4 rings (SSSR count). The van der Waals surface area contributed by atoms with E-state index < -0.39 is 0 Å². The van der Waals surface area contributed by atoms with E-state index in [1.54, 1.807) is 29.2 Å². The average Bonchev–Trinajstić information content (AvgIpc) is 2.79. The number of benzene rings is 3. The summed E-state index contributed by atoms with van der Waals surface area (Å²) in [7, 11) is 0. The number of carbonyl (C=O) groups excluding carboxylic acids is 1. The van der Waals surface area contributed by atoms with Crippen molar-refractivity contribution in [3.8, 4) is 5.75 Å². The van der Waals surface area contributed by atoms with Gasteiger partial charge in [-0.15, -0.1) is 0 Å². The Hall–Kier alpha value is -3.11. The van der Waals surface area contributed by atoms with Gasteiger partial charge >= 0.3 is 0 Å². The van der Waals surface area contributed by atoms with Crippen molar-refractivity contribution in [2.75, 3.05) is 19.7 Å². The number of para-hydroxylation sites is 1. The molecular weight excluding hydrogens is 362 g/mol. The minimum Gasteiger partial charge on any atom is -0.507 e. The number of nitrogens with zero attached hydrogens (tertiary/aromatic N) is 1. The second kappa shape index (κ2) is 8.93. The summed E-state index contributed by atoms with van der Waals surface area (Å²) in [4.78, 5) is 14.7. The molecule has 1 aliphatic heterocycles. The van der Waals surface area contributed by atoms with Crippen molar-refractivity contribution in [1.82, 2.24) is 4.90 Å². The first-order valence-electron chi connectivity index (χ1n) is 10.0. The lowest BCUT2D eigenvalue weighted by molar-refractivity contribution is -0.0265. The number of phenolic OH excluding ortho intramolecular Hbond substituents is 1. The van der Waals surface area contributed by atoms with E-state index in [1.807, 2.05) is 12.1 Å².